The number of allylic oxidation sites excluding steroid dienone is 2. The summed E-state index contributed by atoms with van der Waals surface area (Å²) in [7, 11) is 0. The van der Waals surface area contributed by atoms with Gasteiger partial charge in [-0.2, -0.15) is 5.26 Å². The lowest BCUT2D eigenvalue weighted by Crippen LogP contribution is -2.31. The van der Waals surface area contributed by atoms with Crippen molar-refractivity contribution in [2.75, 3.05) is 17.7 Å². The van der Waals surface area contributed by atoms with Gasteiger partial charge in [0.15, 0.2) is 0 Å². The molecule has 1 aliphatic heterocycles. The van der Waals surface area contributed by atoms with E-state index in [-0.39, 0.29) is 17.6 Å². The fourth-order valence-corrected chi connectivity index (χ4v) is 4.71. The highest BCUT2D eigenvalue weighted by molar-refractivity contribution is 8.03. The van der Waals surface area contributed by atoms with Crippen LogP contribution in [0, 0.1) is 11.3 Å². The lowest BCUT2D eigenvalue weighted by atomic mass is 9.82. The van der Waals surface area contributed by atoms with E-state index >= 15 is 0 Å². The molecule has 3 rings (SSSR count). The summed E-state index contributed by atoms with van der Waals surface area (Å²) in [6.07, 6.45) is 1.74. The van der Waals surface area contributed by atoms with E-state index in [9.17, 15) is 14.9 Å². The van der Waals surface area contributed by atoms with Gasteiger partial charge in [-0.05, 0) is 37.1 Å². The van der Waals surface area contributed by atoms with Crippen LogP contribution in [0.5, 0.6) is 0 Å². The molecule has 8 heteroatoms. The summed E-state index contributed by atoms with van der Waals surface area (Å²) in [6.45, 7) is 4.17. The standard InChI is InChI=1S/C26H26ClN3O3S/c1-3-4-14-33-22(31)16-34-26-20(15-28)24(19-12-8-9-13-21(19)27)23(17(2)29-26)25(32)30-18-10-6-5-7-11-18/h5-13,24,29H,3-4,14,16H2,1-2H3,(H,30,32)/t24-/m0/s1. The van der Waals surface area contributed by atoms with Crippen LogP contribution in [0.3, 0.4) is 0 Å². The molecule has 0 fully saturated rings. The van der Waals surface area contributed by atoms with Gasteiger partial charge in [0.1, 0.15) is 0 Å². The largest absolute Gasteiger partial charge is 0.465 e. The second kappa shape index (κ2) is 12.3. The van der Waals surface area contributed by atoms with E-state index in [0.29, 0.717) is 44.8 Å². The number of carbonyl (C=O) groups excluding carboxylic acids is 2. The van der Waals surface area contributed by atoms with Gasteiger partial charge in [0.05, 0.1) is 34.9 Å². The predicted octanol–water partition coefficient (Wildman–Crippen LogP) is 5.75. The van der Waals surface area contributed by atoms with Crippen LogP contribution in [0.1, 0.15) is 38.2 Å². The van der Waals surface area contributed by atoms with Crippen molar-refractivity contribution in [2.24, 2.45) is 0 Å². The molecule has 0 saturated carbocycles. The number of para-hydroxylation sites is 1. The number of unbranched alkanes of at least 4 members (excludes halogenated alkanes) is 1. The van der Waals surface area contributed by atoms with Crippen molar-refractivity contribution in [3.05, 3.63) is 87.1 Å². The van der Waals surface area contributed by atoms with E-state index in [2.05, 4.69) is 16.7 Å². The lowest BCUT2D eigenvalue weighted by molar-refractivity contribution is -0.140. The molecule has 0 radical (unpaired) electrons. The lowest BCUT2D eigenvalue weighted by Gasteiger charge is -2.30. The zero-order valence-corrected chi connectivity index (χ0v) is 20.6. The summed E-state index contributed by atoms with van der Waals surface area (Å²) in [4.78, 5) is 25.5. The van der Waals surface area contributed by atoms with Gasteiger partial charge in [-0.3, -0.25) is 9.59 Å². The third-order valence-corrected chi connectivity index (χ3v) is 6.57. The summed E-state index contributed by atoms with van der Waals surface area (Å²) < 4.78 is 5.24. The second-order valence-electron chi connectivity index (χ2n) is 7.66. The van der Waals surface area contributed by atoms with Gasteiger partial charge in [-0.1, -0.05) is 73.1 Å². The Labute approximate surface area is 209 Å². The van der Waals surface area contributed by atoms with Crippen molar-refractivity contribution in [3.63, 3.8) is 0 Å². The van der Waals surface area contributed by atoms with Gasteiger partial charge >= 0.3 is 5.97 Å². The molecule has 2 aromatic rings. The molecule has 0 aromatic heterocycles. The minimum absolute atomic E-state index is 0.0469. The molecule has 0 saturated heterocycles. The Morgan fingerprint density at radius 2 is 1.88 bits per heavy atom. The first-order valence-corrected chi connectivity index (χ1v) is 12.3. The molecule has 1 amide bonds. The summed E-state index contributed by atoms with van der Waals surface area (Å²) in [6, 6.07) is 18.5. The Bertz CT molecular complexity index is 1160. The minimum atomic E-state index is -0.692. The molecule has 1 aliphatic rings. The van der Waals surface area contributed by atoms with E-state index in [4.69, 9.17) is 16.3 Å². The number of nitriles is 1. The average Bonchev–Trinajstić information content (AvgIpc) is 2.83. The quantitative estimate of drug-likeness (QED) is 0.340. The maximum atomic E-state index is 13.4. The van der Waals surface area contributed by atoms with E-state index in [0.717, 1.165) is 12.8 Å². The highest BCUT2D eigenvalue weighted by Gasteiger charge is 2.36. The molecular weight excluding hydrogens is 470 g/mol. The number of esters is 1. The molecule has 176 valence electrons. The predicted molar refractivity (Wildman–Crippen MR) is 136 cm³/mol. The zero-order chi connectivity index (χ0) is 24.5. The number of rotatable bonds is 9. The fraction of sp³-hybridized carbons (Fsp3) is 0.269. The maximum absolute atomic E-state index is 13.4. The molecule has 0 aliphatic carbocycles. The Balaban J connectivity index is 1.95. The highest BCUT2D eigenvalue weighted by Crippen LogP contribution is 2.43. The first-order chi connectivity index (χ1) is 16.5. The van der Waals surface area contributed by atoms with Gasteiger partial charge in [-0.25, -0.2) is 0 Å². The Hall–Kier alpha value is -3.21. The van der Waals surface area contributed by atoms with Crippen LogP contribution in [0.25, 0.3) is 0 Å². The van der Waals surface area contributed by atoms with Crippen molar-refractivity contribution < 1.29 is 14.3 Å². The molecule has 2 N–H and O–H groups in total. The molecule has 1 atom stereocenters. The number of benzene rings is 2. The molecule has 34 heavy (non-hydrogen) atoms. The van der Waals surface area contributed by atoms with Crippen molar-refractivity contribution >= 4 is 40.9 Å². The number of anilines is 1. The number of ether oxygens (including phenoxy) is 1. The van der Waals surface area contributed by atoms with Gasteiger partial charge in [0, 0.05) is 22.0 Å². The Morgan fingerprint density at radius 3 is 2.56 bits per heavy atom. The first kappa shape index (κ1) is 25.4. The molecular formula is C26H26ClN3O3S. The van der Waals surface area contributed by atoms with Crippen LogP contribution in [0.4, 0.5) is 5.69 Å². The topological polar surface area (TPSA) is 91.2 Å². The normalized spacial score (nSPS) is 15.4. The van der Waals surface area contributed by atoms with Crippen LogP contribution in [-0.2, 0) is 14.3 Å². The number of nitrogens with zero attached hydrogens (tertiary/aromatic N) is 1. The van der Waals surface area contributed by atoms with E-state index in [1.165, 1.54) is 11.8 Å². The zero-order valence-electron chi connectivity index (χ0n) is 19.1. The van der Waals surface area contributed by atoms with E-state index in [1.807, 2.05) is 31.2 Å². The van der Waals surface area contributed by atoms with Crippen LogP contribution >= 0.6 is 23.4 Å². The van der Waals surface area contributed by atoms with Crippen LogP contribution in [0.15, 0.2) is 76.5 Å². The molecule has 2 aromatic carbocycles. The smallest absolute Gasteiger partial charge is 0.316 e. The molecule has 0 unspecified atom stereocenters. The first-order valence-electron chi connectivity index (χ1n) is 11.0. The molecule has 0 spiro atoms. The fourth-order valence-electron chi connectivity index (χ4n) is 3.57. The Morgan fingerprint density at radius 1 is 1.18 bits per heavy atom. The average molecular weight is 496 g/mol. The van der Waals surface area contributed by atoms with Crippen LogP contribution in [0.2, 0.25) is 5.02 Å². The monoisotopic (exact) mass is 495 g/mol. The summed E-state index contributed by atoms with van der Waals surface area (Å²) in [5.74, 6) is -1.33. The van der Waals surface area contributed by atoms with Crippen molar-refractivity contribution in [1.29, 1.82) is 5.26 Å². The van der Waals surface area contributed by atoms with Gasteiger partial charge in [0.2, 0.25) is 0 Å². The summed E-state index contributed by atoms with van der Waals surface area (Å²) in [5.41, 5.74) is 2.58. The number of dihydropyridines is 1. The van der Waals surface area contributed by atoms with E-state index < -0.39 is 5.92 Å². The number of nitrogens with one attached hydrogen (secondary N) is 2. The molecule has 0 bridgehead atoms. The third-order valence-electron chi connectivity index (χ3n) is 5.24. The summed E-state index contributed by atoms with van der Waals surface area (Å²) >= 11 is 7.70. The maximum Gasteiger partial charge on any atom is 0.316 e. The molecule has 1 heterocycles. The van der Waals surface area contributed by atoms with Crippen LogP contribution < -0.4 is 10.6 Å². The SMILES string of the molecule is CCCCOC(=O)CSC1=C(C#N)[C@H](c2ccccc2Cl)C(C(=O)Nc2ccccc2)=C(C)N1. The number of thioether (sulfide) groups is 1. The molecule has 6 nitrogen and oxygen atoms in total. The second-order valence-corrected chi connectivity index (χ2v) is 9.05. The van der Waals surface area contributed by atoms with Crippen molar-refractivity contribution in [1.82, 2.24) is 5.32 Å². The minimum Gasteiger partial charge on any atom is -0.465 e. The van der Waals surface area contributed by atoms with Gasteiger partial charge < -0.3 is 15.4 Å². The number of hydrogen-bond acceptors (Lipinski definition) is 6. The number of carbonyl (C=O) groups is 2. The highest BCUT2D eigenvalue weighted by atomic mass is 35.5. The number of halogens is 1. The van der Waals surface area contributed by atoms with Crippen molar-refractivity contribution in [3.8, 4) is 6.07 Å². The third kappa shape index (κ3) is 6.22. The van der Waals surface area contributed by atoms with E-state index in [1.54, 1.807) is 37.3 Å². The number of amides is 1. The Kier molecular flexibility index (Phi) is 9.20. The summed E-state index contributed by atoms with van der Waals surface area (Å²) in [5, 5.41) is 17.1. The number of hydrogen-bond donors (Lipinski definition) is 2. The van der Waals surface area contributed by atoms with Crippen molar-refractivity contribution in [2.45, 2.75) is 32.6 Å². The van der Waals surface area contributed by atoms with Gasteiger partial charge in [0.25, 0.3) is 5.91 Å². The van der Waals surface area contributed by atoms with Gasteiger partial charge in [-0.15, -0.1) is 0 Å². The van der Waals surface area contributed by atoms with Crippen LogP contribution in [-0.4, -0.2) is 24.2 Å².